The van der Waals surface area contributed by atoms with Gasteiger partial charge in [0, 0.05) is 43.2 Å². The van der Waals surface area contributed by atoms with Gasteiger partial charge in [-0.2, -0.15) is 0 Å². The molecule has 2 fully saturated rings. The Morgan fingerprint density at radius 3 is 2.38 bits per heavy atom. The number of carbonyl (C=O) groups excluding carboxylic acids is 2. The Balaban J connectivity index is 1.28. The second kappa shape index (κ2) is 10.2. The van der Waals surface area contributed by atoms with Crippen molar-refractivity contribution in [3.63, 3.8) is 0 Å². The summed E-state index contributed by atoms with van der Waals surface area (Å²) < 4.78 is 19.4. The van der Waals surface area contributed by atoms with Crippen LogP contribution in [0.15, 0.2) is 48.5 Å². The number of likely N-dealkylation sites (tertiary alicyclic amines) is 2. The highest BCUT2D eigenvalue weighted by Gasteiger charge is 2.25. The minimum Gasteiger partial charge on any atom is -0.493 e. The average molecular weight is 439 g/mol. The molecule has 2 heterocycles. The van der Waals surface area contributed by atoms with Crippen LogP contribution in [-0.2, 0) is 0 Å². The van der Waals surface area contributed by atoms with Crippen molar-refractivity contribution in [3.05, 3.63) is 65.5 Å². The van der Waals surface area contributed by atoms with Crippen LogP contribution in [0, 0.1) is 17.7 Å². The Hall–Kier alpha value is -2.89. The molecule has 0 bridgehead atoms. The second-order valence-corrected chi connectivity index (χ2v) is 9.08. The van der Waals surface area contributed by atoms with Gasteiger partial charge in [0.2, 0.25) is 0 Å². The zero-order valence-corrected chi connectivity index (χ0v) is 18.6. The van der Waals surface area contributed by atoms with Crippen LogP contribution in [0.1, 0.15) is 53.3 Å². The van der Waals surface area contributed by atoms with E-state index in [-0.39, 0.29) is 17.7 Å². The lowest BCUT2D eigenvalue weighted by Crippen LogP contribution is -2.41. The van der Waals surface area contributed by atoms with Crippen molar-refractivity contribution in [2.75, 3.05) is 32.8 Å². The third kappa shape index (κ3) is 5.47. The average Bonchev–Trinajstić information content (AvgIpc) is 2.83. The SMILES string of the molecule is CC1CCN(C(=O)c2ccc(OCC3CCCN(C(=O)c4cccc(F)c4)C3)cc2)CC1. The molecule has 0 aliphatic carbocycles. The first kappa shape index (κ1) is 22.3. The van der Waals surface area contributed by atoms with Gasteiger partial charge in [-0.15, -0.1) is 0 Å². The summed E-state index contributed by atoms with van der Waals surface area (Å²) in [5, 5.41) is 0. The van der Waals surface area contributed by atoms with Crippen molar-refractivity contribution in [2.45, 2.75) is 32.6 Å². The molecule has 1 unspecified atom stereocenters. The number of halogens is 1. The predicted octanol–water partition coefficient (Wildman–Crippen LogP) is 4.63. The molecule has 2 aliphatic rings. The monoisotopic (exact) mass is 438 g/mol. The molecule has 2 amide bonds. The molecule has 0 radical (unpaired) electrons. The van der Waals surface area contributed by atoms with Crippen LogP contribution in [0.4, 0.5) is 4.39 Å². The molecule has 0 saturated carbocycles. The Morgan fingerprint density at radius 2 is 1.66 bits per heavy atom. The van der Waals surface area contributed by atoms with Gasteiger partial charge in [-0.3, -0.25) is 9.59 Å². The normalized spacial score (nSPS) is 19.6. The van der Waals surface area contributed by atoms with Gasteiger partial charge < -0.3 is 14.5 Å². The molecule has 170 valence electrons. The number of benzene rings is 2. The maximum atomic E-state index is 13.5. The number of ether oxygens (including phenoxy) is 1. The maximum absolute atomic E-state index is 13.5. The summed E-state index contributed by atoms with van der Waals surface area (Å²) in [6, 6.07) is 13.2. The van der Waals surface area contributed by atoms with E-state index in [1.54, 1.807) is 17.0 Å². The Kier molecular flexibility index (Phi) is 7.08. The Morgan fingerprint density at radius 1 is 0.938 bits per heavy atom. The fourth-order valence-corrected chi connectivity index (χ4v) is 4.49. The number of carbonyl (C=O) groups is 2. The topological polar surface area (TPSA) is 49.9 Å². The fraction of sp³-hybridized carbons (Fsp3) is 0.462. The molecule has 4 rings (SSSR count). The third-order valence-corrected chi connectivity index (χ3v) is 6.54. The first-order valence-corrected chi connectivity index (χ1v) is 11.6. The molecule has 2 saturated heterocycles. The van der Waals surface area contributed by atoms with Crippen LogP contribution >= 0.6 is 0 Å². The van der Waals surface area contributed by atoms with Gasteiger partial charge in [-0.1, -0.05) is 13.0 Å². The van der Waals surface area contributed by atoms with Gasteiger partial charge in [0.05, 0.1) is 6.61 Å². The van der Waals surface area contributed by atoms with Crippen LogP contribution < -0.4 is 4.74 Å². The van der Waals surface area contributed by atoms with Crippen LogP contribution in [0.25, 0.3) is 0 Å². The molecular formula is C26H31FN2O3. The Bertz CT molecular complexity index is 938. The lowest BCUT2D eigenvalue weighted by atomic mass is 9.98. The highest BCUT2D eigenvalue weighted by molar-refractivity contribution is 5.94. The van der Waals surface area contributed by atoms with Gasteiger partial charge >= 0.3 is 0 Å². The number of nitrogens with zero attached hydrogens (tertiary/aromatic N) is 2. The molecule has 0 spiro atoms. The highest BCUT2D eigenvalue weighted by atomic mass is 19.1. The summed E-state index contributed by atoms with van der Waals surface area (Å²) >= 11 is 0. The van der Waals surface area contributed by atoms with Gasteiger partial charge in [0.1, 0.15) is 11.6 Å². The summed E-state index contributed by atoms with van der Waals surface area (Å²) in [7, 11) is 0. The van der Waals surface area contributed by atoms with E-state index in [0.29, 0.717) is 36.7 Å². The van der Waals surface area contributed by atoms with E-state index < -0.39 is 5.82 Å². The molecular weight excluding hydrogens is 407 g/mol. The van der Waals surface area contributed by atoms with Crippen molar-refractivity contribution in [1.29, 1.82) is 0 Å². The quantitative estimate of drug-likeness (QED) is 0.684. The van der Waals surface area contributed by atoms with Crippen molar-refractivity contribution in [2.24, 2.45) is 11.8 Å². The number of hydrogen-bond acceptors (Lipinski definition) is 3. The largest absolute Gasteiger partial charge is 0.493 e. The second-order valence-electron chi connectivity index (χ2n) is 9.08. The lowest BCUT2D eigenvalue weighted by Gasteiger charge is -2.32. The molecule has 2 aromatic rings. The minimum absolute atomic E-state index is 0.0854. The number of hydrogen-bond donors (Lipinski definition) is 0. The molecule has 2 aromatic carbocycles. The van der Waals surface area contributed by atoms with Crippen LogP contribution in [-0.4, -0.2) is 54.4 Å². The zero-order chi connectivity index (χ0) is 22.5. The van der Waals surface area contributed by atoms with Crippen LogP contribution in [0.2, 0.25) is 0 Å². The first-order chi connectivity index (χ1) is 15.5. The van der Waals surface area contributed by atoms with E-state index >= 15 is 0 Å². The Labute approximate surface area is 189 Å². The zero-order valence-electron chi connectivity index (χ0n) is 18.6. The standard InChI is InChI=1S/C26H31FN2O3/c1-19-11-14-28(15-12-19)25(30)21-7-9-24(10-8-21)32-18-20-4-3-13-29(17-20)26(31)22-5-2-6-23(27)16-22/h2,5-10,16,19-20H,3-4,11-15,17-18H2,1H3. The summed E-state index contributed by atoms with van der Waals surface area (Å²) in [5.74, 6) is 1.19. The molecule has 2 aliphatic heterocycles. The van der Waals surface area contributed by atoms with Gasteiger partial charge in [0.25, 0.3) is 11.8 Å². The van der Waals surface area contributed by atoms with Gasteiger partial charge in [-0.25, -0.2) is 4.39 Å². The number of piperidine rings is 2. The van der Waals surface area contributed by atoms with Crippen LogP contribution in [0.5, 0.6) is 5.75 Å². The van der Waals surface area contributed by atoms with Gasteiger partial charge in [0.15, 0.2) is 0 Å². The molecule has 0 aromatic heterocycles. The van der Waals surface area contributed by atoms with Gasteiger partial charge in [-0.05, 0) is 74.1 Å². The highest BCUT2D eigenvalue weighted by Crippen LogP contribution is 2.22. The minimum atomic E-state index is -0.399. The van der Waals surface area contributed by atoms with E-state index in [0.717, 1.165) is 44.5 Å². The van der Waals surface area contributed by atoms with E-state index in [9.17, 15) is 14.0 Å². The van der Waals surface area contributed by atoms with Crippen molar-refractivity contribution >= 4 is 11.8 Å². The van der Waals surface area contributed by atoms with Crippen molar-refractivity contribution in [3.8, 4) is 5.75 Å². The summed E-state index contributed by atoms with van der Waals surface area (Å²) in [6.07, 6.45) is 4.01. The smallest absolute Gasteiger partial charge is 0.253 e. The lowest BCUT2D eigenvalue weighted by molar-refractivity contribution is 0.0632. The summed E-state index contributed by atoms with van der Waals surface area (Å²) in [5.41, 5.74) is 1.08. The fourth-order valence-electron chi connectivity index (χ4n) is 4.49. The van der Waals surface area contributed by atoms with E-state index in [1.165, 1.54) is 12.1 Å². The molecule has 32 heavy (non-hydrogen) atoms. The van der Waals surface area contributed by atoms with E-state index in [4.69, 9.17) is 4.74 Å². The van der Waals surface area contributed by atoms with Crippen LogP contribution in [0.3, 0.4) is 0 Å². The third-order valence-electron chi connectivity index (χ3n) is 6.54. The molecule has 5 nitrogen and oxygen atoms in total. The van der Waals surface area contributed by atoms with Crippen molar-refractivity contribution < 1.29 is 18.7 Å². The molecule has 1 atom stereocenters. The number of amides is 2. The van der Waals surface area contributed by atoms with E-state index in [1.807, 2.05) is 29.2 Å². The van der Waals surface area contributed by atoms with Crippen molar-refractivity contribution in [1.82, 2.24) is 9.80 Å². The maximum Gasteiger partial charge on any atom is 0.253 e. The molecule has 6 heteroatoms. The predicted molar refractivity (Wildman–Crippen MR) is 121 cm³/mol. The molecule has 0 N–H and O–H groups in total. The summed E-state index contributed by atoms with van der Waals surface area (Å²) in [4.78, 5) is 29.1. The summed E-state index contributed by atoms with van der Waals surface area (Å²) in [6.45, 7) is 5.66. The number of rotatable bonds is 5. The van der Waals surface area contributed by atoms with E-state index in [2.05, 4.69) is 6.92 Å². The first-order valence-electron chi connectivity index (χ1n) is 11.6.